The highest BCUT2D eigenvalue weighted by molar-refractivity contribution is 5.91. The lowest BCUT2D eigenvalue weighted by Crippen LogP contribution is -2.06. The predicted molar refractivity (Wildman–Crippen MR) is 64.8 cm³/mol. The van der Waals surface area contributed by atoms with Gasteiger partial charge in [0.25, 0.3) is 0 Å². The Hall–Kier alpha value is -2.16. The maximum atomic E-state index is 11.6. The van der Waals surface area contributed by atoms with Gasteiger partial charge in [-0.2, -0.15) is 0 Å². The van der Waals surface area contributed by atoms with Crippen molar-refractivity contribution >= 4 is 5.97 Å². The third kappa shape index (κ3) is 2.69. The van der Waals surface area contributed by atoms with Crippen molar-refractivity contribution < 1.29 is 9.53 Å². The van der Waals surface area contributed by atoms with Crippen LogP contribution in [0.2, 0.25) is 0 Å². The van der Waals surface area contributed by atoms with E-state index in [2.05, 4.69) is 4.98 Å². The summed E-state index contributed by atoms with van der Waals surface area (Å²) >= 11 is 0. The number of pyridine rings is 1. The normalized spacial score (nSPS) is 9.94. The summed E-state index contributed by atoms with van der Waals surface area (Å²) in [6.45, 7) is 0. The molecule has 0 aliphatic heterocycles. The number of carbonyl (C=O) groups is 1. The Morgan fingerprint density at radius 2 is 1.94 bits per heavy atom. The van der Waals surface area contributed by atoms with Gasteiger partial charge in [-0.25, -0.2) is 4.79 Å². The van der Waals surface area contributed by atoms with Gasteiger partial charge >= 0.3 is 5.97 Å². The minimum atomic E-state index is -0.309. The Labute approximate surface area is 100 Å². The third-order valence-electron chi connectivity index (χ3n) is 2.52. The number of hydrogen-bond acceptors (Lipinski definition) is 3. The molecule has 0 aliphatic rings. The van der Waals surface area contributed by atoms with Crippen molar-refractivity contribution in [3.05, 3.63) is 65.5 Å². The highest BCUT2D eigenvalue weighted by Gasteiger charge is 2.11. The lowest BCUT2D eigenvalue weighted by molar-refractivity contribution is 0.0599. The topological polar surface area (TPSA) is 39.2 Å². The summed E-state index contributed by atoms with van der Waals surface area (Å²) in [4.78, 5) is 15.8. The van der Waals surface area contributed by atoms with Crippen LogP contribution >= 0.6 is 0 Å². The highest BCUT2D eigenvalue weighted by Crippen LogP contribution is 2.13. The van der Waals surface area contributed by atoms with Crippen LogP contribution in [0.15, 0.2) is 48.7 Å². The zero-order chi connectivity index (χ0) is 12.1. The molecule has 1 aromatic heterocycles. The van der Waals surface area contributed by atoms with E-state index in [1.54, 1.807) is 12.3 Å². The predicted octanol–water partition coefficient (Wildman–Crippen LogP) is 2.46. The number of hydrogen-bond donors (Lipinski definition) is 0. The van der Waals surface area contributed by atoms with Crippen LogP contribution < -0.4 is 0 Å². The molecule has 0 bridgehead atoms. The molecule has 0 fully saturated rings. The van der Waals surface area contributed by atoms with Crippen molar-refractivity contribution in [3.8, 4) is 0 Å². The van der Waals surface area contributed by atoms with Gasteiger partial charge in [0.2, 0.25) is 0 Å². The van der Waals surface area contributed by atoms with E-state index in [4.69, 9.17) is 4.74 Å². The second kappa shape index (κ2) is 5.25. The molecule has 0 saturated carbocycles. The fraction of sp³-hybridized carbons (Fsp3) is 0.143. The molecule has 2 rings (SSSR count). The zero-order valence-electron chi connectivity index (χ0n) is 9.59. The quantitative estimate of drug-likeness (QED) is 0.756. The van der Waals surface area contributed by atoms with E-state index >= 15 is 0 Å². The molecule has 3 nitrogen and oxygen atoms in total. The van der Waals surface area contributed by atoms with Crippen LogP contribution in [0.5, 0.6) is 0 Å². The van der Waals surface area contributed by atoms with E-state index in [1.807, 2.05) is 36.4 Å². The van der Waals surface area contributed by atoms with Gasteiger partial charge in [-0.3, -0.25) is 4.98 Å². The molecular formula is C14H13NO2. The van der Waals surface area contributed by atoms with Crippen molar-refractivity contribution in [1.29, 1.82) is 0 Å². The van der Waals surface area contributed by atoms with Crippen molar-refractivity contribution in [2.24, 2.45) is 0 Å². The lowest BCUT2D eigenvalue weighted by atomic mass is 10.0. The summed E-state index contributed by atoms with van der Waals surface area (Å²) in [6, 6.07) is 13.2. The monoisotopic (exact) mass is 227 g/mol. The number of methoxy groups -OCH3 is 1. The maximum absolute atomic E-state index is 11.6. The third-order valence-corrected chi connectivity index (χ3v) is 2.52. The summed E-state index contributed by atoms with van der Waals surface area (Å²) in [7, 11) is 1.39. The Kier molecular flexibility index (Phi) is 3.50. The molecule has 0 aliphatic carbocycles. The van der Waals surface area contributed by atoms with Crippen LogP contribution in [0.4, 0.5) is 0 Å². The molecule has 0 N–H and O–H groups in total. The average Bonchev–Trinajstić information content (AvgIpc) is 2.40. The molecule has 17 heavy (non-hydrogen) atoms. The number of benzene rings is 1. The molecular weight excluding hydrogens is 214 g/mol. The highest BCUT2D eigenvalue weighted by atomic mass is 16.5. The van der Waals surface area contributed by atoms with Gasteiger partial charge in [0.05, 0.1) is 12.7 Å². The number of rotatable bonds is 3. The molecule has 86 valence electrons. The average molecular weight is 227 g/mol. The molecule has 0 unspecified atom stereocenters. The van der Waals surface area contributed by atoms with E-state index in [-0.39, 0.29) is 5.97 Å². The first-order chi connectivity index (χ1) is 8.31. The Bertz CT molecular complexity index is 509. The fourth-order valence-electron chi connectivity index (χ4n) is 1.68. The van der Waals surface area contributed by atoms with Crippen molar-refractivity contribution in [2.45, 2.75) is 6.42 Å². The first-order valence-corrected chi connectivity index (χ1v) is 5.37. The number of esters is 1. The molecule has 2 aromatic rings. The van der Waals surface area contributed by atoms with Crippen molar-refractivity contribution in [3.63, 3.8) is 0 Å². The molecule has 0 spiro atoms. The minimum Gasteiger partial charge on any atom is -0.465 e. The van der Waals surface area contributed by atoms with E-state index in [9.17, 15) is 4.79 Å². The summed E-state index contributed by atoms with van der Waals surface area (Å²) in [5.74, 6) is -0.309. The Balaban J connectivity index is 2.30. The minimum absolute atomic E-state index is 0.309. The van der Waals surface area contributed by atoms with E-state index in [0.29, 0.717) is 12.0 Å². The number of nitrogens with zero attached hydrogens (tertiary/aromatic N) is 1. The summed E-state index contributed by atoms with van der Waals surface area (Å²) in [6.07, 6.45) is 2.38. The summed E-state index contributed by atoms with van der Waals surface area (Å²) in [5.41, 5.74) is 2.46. The van der Waals surface area contributed by atoms with Gasteiger partial charge in [0.15, 0.2) is 0 Å². The largest absolute Gasteiger partial charge is 0.465 e. The van der Waals surface area contributed by atoms with Crippen LogP contribution in [-0.4, -0.2) is 18.1 Å². The van der Waals surface area contributed by atoms with Crippen molar-refractivity contribution in [2.75, 3.05) is 7.11 Å². The molecule has 0 amide bonds. The molecule has 0 saturated heterocycles. The Morgan fingerprint density at radius 1 is 1.18 bits per heavy atom. The van der Waals surface area contributed by atoms with Crippen LogP contribution in [0, 0.1) is 0 Å². The molecule has 1 aromatic carbocycles. The smallest absolute Gasteiger partial charge is 0.338 e. The standard InChI is InChI=1S/C14H13NO2/c1-17-14(16)13-8-3-2-6-11(13)10-12-7-4-5-9-15-12/h2-9H,10H2,1H3. The van der Waals surface area contributed by atoms with E-state index < -0.39 is 0 Å². The van der Waals surface area contributed by atoms with Crippen molar-refractivity contribution in [1.82, 2.24) is 4.98 Å². The first kappa shape index (κ1) is 11.3. The first-order valence-electron chi connectivity index (χ1n) is 5.37. The summed E-state index contributed by atoms with van der Waals surface area (Å²) in [5, 5.41) is 0. The van der Waals surface area contributed by atoms with E-state index in [0.717, 1.165) is 11.3 Å². The van der Waals surface area contributed by atoms with Gasteiger partial charge in [0, 0.05) is 18.3 Å². The van der Waals surface area contributed by atoms with Gasteiger partial charge in [-0.15, -0.1) is 0 Å². The second-order valence-corrected chi connectivity index (χ2v) is 3.65. The summed E-state index contributed by atoms with van der Waals surface area (Å²) < 4.78 is 4.76. The Morgan fingerprint density at radius 3 is 2.65 bits per heavy atom. The van der Waals surface area contributed by atoms with Crippen LogP contribution in [0.1, 0.15) is 21.6 Å². The molecule has 1 heterocycles. The fourth-order valence-corrected chi connectivity index (χ4v) is 1.68. The second-order valence-electron chi connectivity index (χ2n) is 3.65. The van der Waals surface area contributed by atoms with Crippen LogP contribution in [0.25, 0.3) is 0 Å². The van der Waals surface area contributed by atoms with Gasteiger partial charge < -0.3 is 4.74 Å². The van der Waals surface area contributed by atoms with Crippen LogP contribution in [0.3, 0.4) is 0 Å². The van der Waals surface area contributed by atoms with E-state index in [1.165, 1.54) is 7.11 Å². The van der Waals surface area contributed by atoms with Crippen LogP contribution in [-0.2, 0) is 11.2 Å². The zero-order valence-corrected chi connectivity index (χ0v) is 9.59. The van der Waals surface area contributed by atoms with Gasteiger partial charge in [-0.1, -0.05) is 24.3 Å². The molecule has 0 radical (unpaired) electrons. The number of aromatic nitrogens is 1. The lowest BCUT2D eigenvalue weighted by Gasteiger charge is -2.06. The number of carbonyl (C=O) groups excluding carboxylic acids is 1. The SMILES string of the molecule is COC(=O)c1ccccc1Cc1ccccn1. The van der Waals surface area contributed by atoms with Gasteiger partial charge in [-0.05, 0) is 23.8 Å². The number of ether oxygens (including phenoxy) is 1. The maximum Gasteiger partial charge on any atom is 0.338 e. The molecule has 3 heteroatoms. The molecule has 0 atom stereocenters. The van der Waals surface area contributed by atoms with Gasteiger partial charge in [0.1, 0.15) is 0 Å².